The molecule has 6 heteroatoms. The molecule has 1 heterocycles. The first kappa shape index (κ1) is 20.2. The standard InChI is InChI=1S/C22H23NO4S/c1-14(2)27-18-7-5-4-6-17(18)23-21(25)19(16-10-8-15(3)9-11-16)20(22(23)26)28-13-12-24/h4-11,14,24H,12-13H2,1-3H3. The van der Waals surface area contributed by atoms with E-state index in [4.69, 9.17) is 4.74 Å². The lowest BCUT2D eigenvalue weighted by atomic mass is 10.0. The van der Waals surface area contributed by atoms with Crippen LogP contribution in [0.3, 0.4) is 0 Å². The average molecular weight is 397 g/mol. The molecular formula is C22H23NO4S. The minimum absolute atomic E-state index is 0.0795. The molecule has 0 atom stereocenters. The van der Waals surface area contributed by atoms with Crippen molar-refractivity contribution < 1.29 is 19.4 Å². The molecule has 1 N–H and O–H groups in total. The minimum atomic E-state index is -0.390. The predicted molar refractivity (Wildman–Crippen MR) is 112 cm³/mol. The molecule has 0 saturated heterocycles. The molecular weight excluding hydrogens is 374 g/mol. The number of carbonyl (C=O) groups is 2. The van der Waals surface area contributed by atoms with Crippen molar-refractivity contribution in [3.8, 4) is 5.75 Å². The van der Waals surface area contributed by atoms with Gasteiger partial charge in [-0.1, -0.05) is 42.0 Å². The van der Waals surface area contributed by atoms with Crippen LogP contribution in [0.5, 0.6) is 5.75 Å². The number of aryl methyl sites for hydroxylation is 1. The van der Waals surface area contributed by atoms with Gasteiger partial charge >= 0.3 is 0 Å². The summed E-state index contributed by atoms with van der Waals surface area (Å²) in [5.41, 5.74) is 2.55. The van der Waals surface area contributed by atoms with Gasteiger partial charge in [0.2, 0.25) is 0 Å². The molecule has 28 heavy (non-hydrogen) atoms. The first-order valence-electron chi connectivity index (χ1n) is 9.13. The Labute approximate surface area is 169 Å². The Bertz CT molecular complexity index is 918. The van der Waals surface area contributed by atoms with Gasteiger partial charge in [-0.05, 0) is 38.5 Å². The molecule has 0 unspecified atom stereocenters. The zero-order chi connectivity index (χ0) is 20.3. The van der Waals surface area contributed by atoms with E-state index in [0.717, 1.165) is 5.56 Å². The second-order valence-electron chi connectivity index (χ2n) is 6.72. The number of hydrogen-bond acceptors (Lipinski definition) is 5. The third-order valence-electron chi connectivity index (χ3n) is 4.19. The topological polar surface area (TPSA) is 66.8 Å². The van der Waals surface area contributed by atoms with Crippen LogP contribution in [0, 0.1) is 6.92 Å². The number of imide groups is 1. The summed E-state index contributed by atoms with van der Waals surface area (Å²) in [5, 5.41) is 9.22. The van der Waals surface area contributed by atoms with Gasteiger partial charge in [0.25, 0.3) is 11.8 Å². The molecule has 5 nitrogen and oxygen atoms in total. The second kappa shape index (κ2) is 8.63. The number of para-hydroxylation sites is 2. The van der Waals surface area contributed by atoms with Gasteiger partial charge in [0.15, 0.2) is 0 Å². The van der Waals surface area contributed by atoms with Gasteiger partial charge in [-0.15, -0.1) is 11.8 Å². The number of ether oxygens (including phenoxy) is 1. The lowest BCUT2D eigenvalue weighted by Crippen LogP contribution is -2.32. The van der Waals surface area contributed by atoms with Gasteiger partial charge in [-0.25, -0.2) is 4.90 Å². The van der Waals surface area contributed by atoms with Crippen LogP contribution in [0.4, 0.5) is 5.69 Å². The third kappa shape index (κ3) is 3.98. The number of nitrogens with zero attached hydrogens (tertiary/aromatic N) is 1. The quantitative estimate of drug-likeness (QED) is 0.720. The lowest BCUT2D eigenvalue weighted by molar-refractivity contribution is -0.119. The van der Waals surface area contributed by atoms with Crippen LogP contribution in [-0.2, 0) is 9.59 Å². The summed E-state index contributed by atoms with van der Waals surface area (Å²) >= 11 is 1.20. The first-order valence-corrected chi connectivity index (χ1v) is 10.1. The zero-order valence-corrected chi connectivity index (χ0v) is 17.0. The Morgan fingerprint density at radius 1 is 1.04 bits per heavy atom. The Hall–Kier alpha value is -2.57. The summed E-state index contributed by atoms with van der Waals surface area (Å²) in [5.74, 6) is 0.0469. The number of thioether (sulfide) groups is 1. The Morgan fingerprint density at radius 3 is 2.36 bits per heavy atom. The number of benzene rings is 2. The van der Waals surface area contributed by atoms with E-state index in [1.807, 2.05) is 51.1 Å². The molecule has 1 aliphatic rings. The highest BCUT2D eigenvalue weighted by molar-refractivity contribution is 8.04. The number of aliphatic hydroxyl groups is 1. The van der Waals surface area contributed by atoms with Crippen molar-refractivity contribution >= 4 is 34.8 Å². The maximum atomic E-state index is 13.3. The fourth-order valence-electron chi connectivity index (χ4n) is 2.98. The largest absolute Gasteiger partial charge is 0.489 e. The predicted octanol–water partition coefficient (Wildman–Crippen LogP) is 3.79. The van der Waals surface area contributed by atoms with Gasteiger partial charge < -0.3 is 9.84 Å². The SMILES string of the molecule is Cc1ccc(C2=C(SCCO)C(=O)N(c3ccccc3OC(C)C)C2=O)cc1. The van der Waals surface area contributed by atoms with Crippen molar-refractivity contribution in [2.75, 3.05) is 17.3 Å². The molecule has 1 aliphatic heterocycles. The van der Waals surface area contributed by atoms with Crippen LogP contribution < -0.4 is 9.64 Å². The number of hydrogen-bond donors (Lipinski definition) is 1. The van der Waals surface area contributed by atoms with Crippen LogP contribution in [0.15, 0.2) is 53.4 Å². The van der Waals surface area contributed by atoms with Gasteiger partial charge in [0.1, 0.15) is 5.75 Å². The Kier molecular flexibility index (Phi) is 6.21. The second-order valence-corrected chi connectivity index (χ2v) is 7.83. The molecule has 0 fully saturated rings. The van der Waals surface area contributed by atoms with Gasteiger partial charge in [0.05, 0.1) is 28.9 Å². The number of amides is 2. The molecule has 0 spiro atoms. The van der Waals surface area contributed by atoms with Crippen molar-refractivity contribution in [2.24, 2.45) is 0 Å². The van der Waals surface area contributed by atoms with Gasteiger partial charge in [-0.2, -0.15) is 0 Å². The number of anilines is 1. The van der Waals surface area contributed by atoms with E-state index in [0.29, 0.717) is 33.2 Å². The van der Waals surface area contributed by atoms with Crippen molar-refractivity contribution in [1.82, 2.24) is 0 Å². The maximum absolute atomic E-state index is 13.3. The highest BCUT2D eigenvalue weighted by atomic mass is 32.2. The summed E-state index contributed by atoms with van der Waals surface area (Å²) in [4.78, 5) is 28.1. The highest BCUT2D eigenvalue weighted by Crippen LogP contribution is 2.41. The highest BCUT2D eigenvalue weighted by Gasteiger charge is 2.41. The van der Waals surface area contributed by atoms with Gasteiger partial charge in [-0.3, -0.25) is 9.59 Å². The molecule has 0 radical (unpaired) electrons. The van der Waals surface area contributed by atoms with E-state index in [1.165, 1.54) is 16.7 Å². The molecule has 0 aromatic heterocycles. The molecule has 0 saturated carbocycles. The normalized spacial score (nSPS) is 14.4. The zero-order valence-electron chi connectivity index (χ0n) is 16.1. The van der Waals surface area contributed by atoms with Crippen molar-refractivity contribution in [3.05, 3.63) is 64.6 Å². The number of aliphatic hydroxyl groups excluding tert-OH is 1. The molecule has 0 bridgehead atoms. The third-order valence-corrected chi connectivity index (χ3v) is 5.24. The van der Waals surface area contributed by atoms with E-state index in [9.17, 15) is 14.7 Å². The van der Waals surface area contributed by atoms with Crippen LogP contribution in [0.1, 0.15) is 25.0 Å². The van der Waals surface area contributed by atoms with Crippen molar-refractivity contribution in [3.63, 3.8) is 0 Å². The summed E-state index contributed by atoms with van der Waals surface area (Å²) in [6.45, 7) is 5.67. The first-order chi connectivity index (χ1) is 13.4. The summed E-state index contributed by atoms with van der Waals surface area (Å²) < 4.78 is 5.82. The lowest BCUT2D eigenvalue weighted by Gasteiger charge is -2.20. The molecule has 146 valence electrons. The van der Waals surface area contributed by atoms with E-state index in [-0.39, 0.29) is 24.5 Å². The van der Waals surface area contributed by atoms with Crippen molar-refractivity contribution in [2.45, 2.75) is 26.9 Å². The van der Waals surface area contributed by atoms with Crippen LogP contribution in [0.2, 0.25) is 0 Å². The number of carbonyl (C=O) groups excluding carboxylic acids is 2. The Balaban J connectivity index is 2.07. The average Bonchev–Trinajstić information content (AvgIpc) is 2.91. The molecule has 2 aromatic rings. The van der Waals surface area contributed by atoms with Crippen LogP contribution in [-0.4, -0.2) is 35.4 Å². The molecule has 2 amide bonds. The minimum Gasteiger partial charge on any atom is -0.489 e. The number of rotatable bonds is 7. The van der Waals surface area contributed by atoms with Gasteiger partial charge in [0, 0.05) is 5.75 Å². The van der Waals surface area contributed by atoms with Crippen molar-refractivity contribution in [1.29, 1.82) is 0 Å². The molecule has 3 rings (SSSR count). The Morgan fingerprint density at radius 2 is 1.71 bits per heavy atom. The molecule has 0 aliphatic carbocycles. The van der Waals surface area contributed by atoms with Crippen LogP contribution in [0.25, 0.3) is 5.57 Å². The fourth-order valence-corrected chi connectivity index (χ4v) is 3.84. The van der Waals surface area contributed by atoms with E-state index in [1.54, 1.807) is 18.2 Å². The summed E-state index contributed by atoms with van der Waals surface area (Å²) in [6.07, 6.45) is -0.0956. The fraction of sp³-hybridized carbons (Fsp3) is 0.273. The monoisotopic (exact) mass is 397 g/mol. The van der Waals surface area contributed by atoms with Crippen LogP contribution >= 0.6 is 11.8 Å². The van der Waals surface area contributed by atoms with E-state index in [2.05, 4.69) is 0 Å². The smallest absolute Gasteiger partial charge is 0.272 e. The maximum Gasteiger partial charge on any atom is 0.272 e. The molecule has 2 aromatic carbocycles. The summed E-state index contributed by atoms with van der Waals surface area (Å²) in [7, 11) is 0. The summed E-state index contributed by atoms with van der Waals surface area (Å²) in [6, 6.07) is 14.5. The van der Waals surface area contributed by atoms with E-state index >= 15 is 0 Å². The van der Waals surface area contributed by atoms with E-state index < -0.39 is 0 Å².